The standard InChI is InChI=1S/C10H17N3O2/c1-6(11)4-5-9(14)12-10-7(2)8(3)13-15-10/h6H,4-5,11H2,1-3H3,(H,12,14). The molecule has 0 radical (unpaired) electrons. The third-order valence-corrected chi connectivity index (χ3v) is 2.24. The van der Waals surface area contributed by atoms with Gasteiger partial charge in [-0.3, -0.25) is 10.1 Å². The highest BCUT2D eigenvalue weighted by atomic mass is 16.5. The molecule has 5 heteroatoms. The average Bonchev–Trinajstić information content (AvgIpc) is 2.47. The Balaban J connectivity index is 2.48. The smallest absolute Gasteiger partial charge is 0.234 e. The molecule has 0 saturated heterocycles. The second kappa shape index (κ2) is 4.93. The molecule has 0 bridgehead atoms. The Bertz CT molecular complexity index is 344. The lowest BCUT2D eigenvalue weighted by Gasteiger charge is -2.04. The van der Waals surface area contributed by atoms with Crippen molar-refractivity contribution in [1.29, 1.82) is 0 Å². The maximum Gasteiger partial charge on any atom is 0.234 e. The van der Waals surface area contributed by atoms with E-state index in [9.17, 15) is 4.79 Å². The number of carbonyl (C=O) groups excluding carboxylic acids is 1. The lowest BCUT2D eigenvalue weighted by Crippen LogP contribution is -2.19. The fourth-order valence-electron chi connectivity index (χ4n) is 1.08. The minimum Gasteiger partial charge on any atom is -0.338 e. The Hall–Kier alpha value is -1.36. The summed E-state index contributed by atoms with van der Waals surface area (Å²) < 4.78 is 4.96. The van der Waals surface area contributed by atoms with Gasteiger partial charge in [-0.2, -0.15) is 0 Å². The van der Waals surface area contributed by atoms with E-state index in [2.05, 4.69) is 10.5 Å². The van der Waals surface area contributed by atoms with Crippen LogP contribution in [0.25, 0.3) is 0 Å². The summed E-state index contributed by atoms with van der Waals surface area (Å²) in [5.74, 6) is 0.341. The molecular weight excluding hydrogens is 194 g/mol. The highest BCUT2D eigenvalue weighted by Gasteiger charge is 2.11. The van der Waals surface area contributed by atoms with Crippen molar-refractivity contribution in [2.45, 2.75) is 39.7 Å². The summed E-state index contributed by atoms with van der Waals surface area (Å²) >= 11 is 0. The number of nitrogens with two attached hydrogens (primary N) is 1. The number of carbonyl (C=O) groups is 1. The molecule has 1 unspecified atom stereocenters. The Labute approximate surface area is 89.0 Å². The lowest BCUT2D eigenvalue weighted by atomic mass is 10.2. The van der Waals surface area contributed by atoms with Crippen LogP contribution in [0, 0.1) is 13.8 Å². The van der Waals surface area contributed by atoms with E-state index in [1.807, 2.05) is 20.8 Å². The zero-order valence-electron chi connectivity index (χ0n) is 9.33. The fraction of sp³-hybridized carbons (Fsp3) is 0.600. The van der Waals surface area contributed by atoms with Crippen LogP contribution in [0.2, 0.25) is 0 Å². The van der Waals surface area contributed by atoms with Gasteiger partial charge in [-0.1, -0.05) is 5.16 Å². The van der Waals surface area contributed by atoms with Gasteiger partial charge in [0.15, 0.2) is 0 Å². The van der Waals surface area contributed by atoms with Crippen molar-refractivity contribution in [3.63, 3.8) is 0 Å². The Morgan fingerprint density at radius 3 is 2.73 bits per heavy atom. The van der Waals surface area contributed by atoms with Gasteiger partial charge in [0.05, 0.1) is 5.69 Å². The van der Waals surface area contributed by atoms with Gasteiger partial charge in [0.1, 0.15) is 0 Å². The van der Waals surface area contributed by atoms with Crippen LogP contribution < -0.4 is 11.1 Å². The van der Waals surface area contributed by atoms with Crippen molar-refractivity contribution < 1.29 is 9.32 Å². The highest BCUT2D eigenvalue weighted by Crippen LogP contribution is 2.17. The van der Waals surface area contributed by atoms with E-state index in [0.717, 1.165) is 11.3 Å². The molecule has 5 nitrogen and oxygen atoms in total. The van der Waals surface area contributed by atoms with Crippen LogP contribution in [0.4, 0.5) is 5.88 Å². The topological polar surface area (TPSA) is 81.2 Å². The number of hydrogen-bond donors (Lipinski definition) is 2. The normalized spacial score (nSPS) is 12.5. The van der Waals surface area contributed by atoms with Gasteiger partial charge in [-0.05, 0) is 27.2 Å². The number of nitrogens with one attached hydrogen (secondary N) is 1. The van der Waals surface area contributed by atoms with Gasteiger partial charge in [0.2, 0.25) is 11.8 Å². The van der Waals surface area contributed by atoms with Crippen LogP contribution in [-0.2, 0) is 4.79 Å². The van der Waals surface area contributed by atoms with Crippen LogP contribution in [0.5, 0.6) is 0 Å². The maximum absolute atomic E-state index is 11.4. The van der Waals surface area contributed by atoms with Crippen LogP contribution in [0.15, 0.2) is 4.52 Å². The summed E-state index contributed by atoms with van der Waals surface area (Å²) in [5.41, 5.74) is 7.21. The second-order valence-electron chi connectivity index (χ2n) is 3.79. The van der Waals surface area contributed by atoms with Crippen molar-refractivity contribution in [2.24, 2.45) is 5.73 Å². The maximum atomic E-state index is 11.4. The summed E-state index contributed by atoms with van der Waals surface area (Å²) in [5, 5.41) is 6.41. The molecule has 0 aliphatic carbocycles. The molecule has 0 aliphatic heterocycles. The molecule has 15 heavy (non-hydrogen) atoms. The van der Waals surface area contributed by atoms with E-state index in [0.29, 0.717) is 18.7 Å². The molecule has 1 atom stereocenters. The molecule has 1 aromatic heterocycles. The van der Waals surface area contributed by atoms with Crippen LogP contribution >= 0.6 is 0 Å². The monoisotopic (exact) mass is 211 g/mol. The number of nitrogens with zero attached hydrogens (tertiary/aromatic N) is 1. The first-order chi connectivity index (χ1) is 7.00. The van der Waals surface area contributed by atoms with E-state index in [1.165, 1.54) is 0 Å². The van der Waals surface area contributed by atoms with Gasteiger partial charge >= 0.3 is 0 Å². The SMILES string of the molecule is Cc1noc(NC(=O)CCC(C)N)c1C. The number of aromatic nitrogens is 1. The van der Waals surface area contributed by atoms with E-state index in [1.54, 1.807) is 0 Å². The molecule has 0 aromatic carbocycles. The largest absolute Gasteiger partial charge is 0.338 e. The molecule has 84 valence electrons. The molecule has 0 aliphatic rings. The minimum atomic E-state index is -0.0912. The molecule has 1 aromatic rings. The minimum absolute atomic E-state index is 0.0355. The molecule has 1 rings (SSSR count). The quantitative estimate of drug-likeness (QED) is 0.787. The van der Waals surface area contributed by atoms with Gasteiger partial charge in [-0.15, -0.1) is 0 Å². The molecule has 0 spiro atoms. The zero-order valence-corrected chi connectivity index (χ0v) is 9.33. The van der Waals surface area contributed by atoms with Crippen molar-refractivity contribution in [1.82, 2.24) is 5.16 Å². The van der Waals surface area contributed by atoms with Crippen molar-refractivity contribution in [3.05, 3.63) is 11.3 Å². The molecular formula is C10H17N3O2. The number of hydrogen-bond acceptors (Lipinski definition) is 4. The predicted octanol–water partition coefficient (Wildman–Crippen LogP) is 1.36. The lowest BCUT2D eigenvalue weighted by molar-refractivity contribution is -0.116. The van der Waals surface area contributed by atoms with E-state index >= 15 is 0 Å². The van der Waals surface area contributed by atoms with Crippen molar-refractivity contribution in [2.75, 3.05) is 5.32 Å². The summed E-state index contributed by atoms with van der Waals surface area (Å²) in [6.45, 7) is 5.56. The van der Waals surface area contributed by atoms with Gasteiger partial charge in [0.25, 0.3) is 0 Å². The molecule has 0 fully saturated rings. The van der Waals surface area contributed by atoms with Crippen molar-refractivity contribution in [3.8, 4) is 0 Å². The number of aryl methyl sites for hydroxylation is 1. The van der Waals surface area contributed by atoms with Gasteiger partial charge in [-0.25, -0.2) is 0 Å². The number of anilines is 1. The summed E-state index contributed by atoms with van der Waals surface area (Å²) in [6, 6.07) is 0.0355. The zero-order chi connectivity index (χ0) is 11.4. The van der Waals surface area contributed by atoms with Crippen LogP contribution in [-0.4, -0.2) is 17.1 Å². The van der Waals surface area contributed by atoms with Gasteiger partial charge in [0, 0.05) is 18.0 Å². The van der Waals surface area contributed by atoms with E-state index in [4.69, 9.17) is 10.3 Å². The predicted molar refractivity (Wildman–Crippen MR) is 57.5 cm³/mol. The first kappa shape index (κ1) is 11.7. The molecule has 0 saturated carbocycles. The Morgan fingerprint density at radius 1 is 1.60 bits per heavy atom. The first-order valence-corrected chi connectivity index (χ1v) is 4.99. The fourth-order valence-corrected chi connectivity index (χ4v) is 1.08. The summed E-state index contributed by atoms with van der Waals surface area (Å²) in [7, 11) is 0. The van der Waals surface area contributed by atoms with Crippen molar-refractivity contribution >= 4 is 11.8 Å². The van der Waals surface area contributed by atoms with Gasteiger partial charge < -0.3 is 10.3 Å². The first-order valence-electron chi connectivity index (χ1n) is 4.99. The van der Waals surface area contributed by atoms with E-state index in [-0.39, 0.29) is 11.9 Å². The number of rotatable bonds is 4. The summed E-state index contributed by atoms with van der Waals surface area (Å²) in [4.78, 5) is 11.4. The molecule has 3 N–H and O–H groups in total. The Morgan fingerprint density at radius 2 is 2.27 bits per heavy atom. The van der Waals surface area contributed by atoms with Crippen LogP contribution in [0.1, 0.15) is 31.0 Å². The summed E-state index contributed by atoms with van der Waals surface area (Å²) in [6.07, 6.45) is 1.06. The third-order valence-electron chi connectivity index (χ3n) is 2.24. The molecule has 1 amide bonds. The number of amides is 1. The Kier molecular flexibility index (Phi) is 3.85. The highest BCUT2D eigenvalue weighted by molar-refractivity contribution is 5.89. The third kappa shape index (κ3) is 3.36. The van der Waals surface area contributed by atoms with E-state index < -0.39 is 0 Å². The second-order valence-corrected chi connectivity index (χ2v) is 3.79. The average molecular weight is 211 g/mol. The molecule has 1 heterocycles. The van der Waals surface area contributed by atoms with Crippen LogP contribution in [0.3, 0.4) is 0 Å².